The highest BCUT2D eigenvalue weighted by Gasteiger charge is 2.34. The number of amides is 2. The number of benzene rings is 2. The first-order valence-electron chi connectivity index (χ1n) is 9.67. The highest BCUT2D eigenvalue weighted by Crippen LogP contribution is 2.30. The summed E-state index contributed by atoms with van der Waals surface area (Å²) in [5, 5.41) is 2.97. The molecule has 146 valence electrons. The summed E-state index contributed by atoms with van der Waals surface area (Å²) in [6.45, 7) is 2.69. The van der Waals surface area contributed by atoms with Crippen LogP contribution in [-0.4, -0.2) is 43.0 Å². The predicted octanol–water partition coefficient (Wildman–Crippen LogP) is 2.17. The summed E-state index contributed by atoms with van der Waals surface area (Å²) in [6.07, 6.45) is 0.986. The number of hydrogen-bond donors (Lipinski definition) is 1. The molecule has 2 aliphatic rings. The predicted molar refractivity (Wildman–Crippen MR) is 104 cm³/mol. The van der Waals surface area contributed by atoms with Crippen LogP contribution in [-0.2, 0) is 22.6 Å². The molecule has 1 unspecified atom stereocenters. The van der Waals surface area contributed by atoms with Gasteiger partial charge in [-0.1, -0.05) is 36.4 Å². The second-order valence-electron chi connectivity index (χ2n) is 7.18. The lowest BCUT2D eigenvalue weighted by atomic mass is 10.1. The van der Waals surface area contributed by atoms with E-state index in [9.17, 15) is 9.59 Å². The third-order valence-electron chi connectivity index (χ3n) is 5.12. The quantitative estimate of drug-likeness (QED) is 0.834. The van der Waals surface area contributed by atoms with Crippen LogP contribution in [0.3, 0.4) is 0 Å². The van der Waals surface area contributed by atoms with Gasteiger partial charge in [0.25, 0.3) is 0 Å². The van der Waals surface area contributed by atoms with Gasteiger partial charge in [-0.05, 0) is 29.7 Å². The molecular weight excluding hydrogens is 356 g/mol. The highest BCUT2D eigenvalue weighted by atomic mass is 16.6. The minimum atomic E-state index is -0.281. The van der Waals surface area contributed by atoms with E-state index >= 15 is 0 Å². The van der Waals surface area contributed by atoms with E-state index in [0.29, 0.717) is 39.3 Å². The third kappa shape index (κ3) is 4.27. The molecule has 2 aromatic rings. The molecule has 0 bridgehead atoms. The van der Waals surface area contributed by atoms with E-state index in [1.807, 2.05) is 48.5 Å². The Kier molecular flexibility index (Phi) is 5.46. The maximum Gasteiger partial charge on any atom is 0.225 e. The summed E-state index contributed by atoms with van der Waals surface area (Å²) in [5.74, 6) is 1.23. The molecule has 6 nitrogen and oxygen atoms in total. The Balaban J connectivity index is 1.26. The summed E-state index contributed by atoms with van der Waals surface area (Å²) in [7, 11) is 0. The molecule has 2 aromatic carbocycles. The van der Waals surface area contributed by atoms with Crippen LogP contribution in [0.2, 0.25) is 0 Å². The number of rotatable bonds is 6. The van der Waals surface area contributed by atoms with Crippen molar-refractivity contribution in [2.75, 3.05) is 26.3 Å². The van der Waals surface area contributed by atoms with Crippen molar-refractivity contribution >= 4 is 11.8 Å². The molecule has 0 aliphatic carbocycles. The zero-order valence-electron chi connectivity index (χ0n) is 15.7. The van der Waals surface area contributed by atoms with Crippen LogP contribution in [0.25, 0.3) is 0 Å². The first-order chi connectivity index (χ1) is 13.7. The van der Waals surface area contributed by atoms with Gasteiger partial charge < -0.3 is 19.7 Å². The maximum absolute atomic E-state index is 12.5. The number of nitrogens with one attached hydrogen (secondary N) is 1. The van der Waals surface area contributed by atoms with Crippen LogP contribution in [0.4, 0.5) is 0 Å². The number of nitrogens with zero attached hydrogens (tertiary/aromatic N) is 1. The van der Waals surface area contributed by atoms with Gasteiger partial charge in [0.15, 0.2) is 11.5 Å². The Bertz CT molecular complexity index is 853. The van der Waals surface area contributed by atoms with Crippen molar-refractivity contribution in [3.63, 3.8) is 0 Å². The molecule has 2 aliphatic heterocycles. The minimum Gasteiger partial charge on any atom is -0.486 e. The Hall–Kier alpha value is -3.02. The summed E-state index contributed by atoms with van der Waals surface area (Å²) >= 11 is 0. The first kappa shape index (κ1) is 18.3. The molecule has 1 fully saturated rings. The molecule has 2 amide bonds. The zero-order chi connectivity index (χ0) is 19.3. The van der Waals surface area contributed by atoms with Gasteiger partial charge in [0.2, 0.25) is 11.8 Å². The molecule has 4 rings (SSSR count). The molecule has 28 heavy (non-hydrogen) atoms. The average Bonchev–Trinajstić information content (AvgIpc) is 3.09. The van der Waals surface area contributed by atoms with Gasteiger partial charge in [-0.15, -0.1) is 0 Å². The third-order valence-corrected chi connectivity index (χ3v) is 5.12. The normalized spacial score (nSPS) is 18.2. The fraction of sp³-hybridized carbons (Fsp3) is 0.364. The molecule has 1 atom stereocenters. The first-order valence-corrected chi connectivity index (χ1v) is 9.67. The number of likely N-dealkylation sites (tertiary alicyclic amines) is 1. The summed E-state index contributed by atoms with van der Waals surface area (Å²) < 4.78 is 11.1. The minimum absolute atomic E-state index is 0.0378. The van der Waals surface area contributed by atoms with Crippen molar-refractivity contribution in [3.8, 4) is 11.5 Å². The van der Waals surface area contributed by atoms with Crippen LogP contribution < -0.4 is 14.8 Å². The van der Waals surface area contributed by atoms with Gasteiger partial charge in [-0.25, -0.2) is 0 Å². The molecule has 0 spiro atoms. The number of fused-ring (bicyclic) bond motifs is 1. The molecule has 0 aromatic heterocycles. The smallest absolute Gasteiger partial charge is 0.225 e. The van der Waals surface area contributed by atoms with E-state index in [2.05, 4.69) is 5.32 Å². The van der Waals surface area contributed by atoms with Crippen LogP contribution in [0.5, 0.6) is 11.5 Å². The lowest BCUT2D eigenvalue weighted by Crippen LogP contribution is -2.34. The van der Waals surface area contributed by atoms with Crippen LogP contribution in [0.1, 0.15) is 17.5 Å². The molecule has 2 heterocycles. The number of carbonyl (C=O) groups excluding carboxylic acids is 2. The largest absolute Gasteiger partial charge is 0.486 e. The Labute approximate surface area is 164 Å². The van der Waals surface area contributed by atoms with Crippen LogP contribution in [0, 0.1) is 5.92 Å². The number of hydrogen-bond acceptors (Lipinski definition) is 4. The van der Waals surface area contributed by atoms with Gasteiger partial charge in [0, 0.05) is 26.1 Å². The maximum atomic E-state index is 12.5. The molecule has 1 saturated heterocycles. The van der Waals surface area contributed by atoms with E-state index in [-0.39, 0.29) is 24.2 Å². The zero-order valence-corrected chi connectivity index (χ0v) is 15.7. The van der Waals surface area contributed by atoms with E-state index in [0.717, 1.165) is 22.6 Å². The van der Waals surface area contributed by atoms with E-state index in [4.69, 9.17) is 9.47 Å². The number of ether oxygens (including phenoxy) is 2. The second kappa shape index (κ2) is 8.33. The SMILES string of the molecule is O=C(NCCc1ccc2c(c1)OCCO2)C1CC(=O)N(Cc2ccccc2)C1. The molecule has 0 saturated carbocycles. The van der Waals surface area contributed by atoms with Crippen molar-refractivity contribution in [1.29, 1.82) is 0 Å². The topological polar surface area (TPSA) is 67.9 Å². The highest BCUT2D eigenvalue weighted by molar-refractivity contribution is 5.89. The summed E-state index contributed by atoms with van der Waals surface area (Å²) in [5.41, 5.74) is 2.16. The molecule has 0 radical (unpaired) electrons. The van der Waals surface area contributed by atoms with Crippen molar-refractivity contribution in [2.24, 2.45) is 5.92 Å². The van der Waals surface area contributed by atoms with Gasteiger partial charge >= 0.3 is 0 Å². The van der Waals surface area contributed by atoms with Crippen molar-refractivity contribution in [2.45, 2.75) is 19.4 Å². The van der Waals surface area contributed by atoms with E-state index < -0.39 is 0 Å². The summed E-state index contributed by atoms with van der Waals surface area (Å²) in [4.78, 5) is 26.5. The fourth-order valence-corrected chi connectivity index (χ4v) is 3.62. The monoisotopic (exact) mass is 380 g/mol. The molecule has 6 heteroatoms. The van der Waals surface area contributed by atoms with Gasteiger partial charge in [0.1, 0.15) is 13.2 Å². The molecule has 1 N–H and O–H groups in total. The fourth-order valence-electron chi connectivity index (χ4n) is 3.62. The van der Waals surface area contributed by atoms with Crippen molar-refractivity contribution < 1.29 is 19.1 Å². The molecular formula is C22H24N2O4. The number of carbonyl (C=O) groups is 2. The van der Waals surface area contributed by atoms with Gasteiger partial charge in [0.05, 0.1) is 5.92 Å². The van der Waals surface area contributed by atoms with E-state index in [1.54, 1.807) is 4.90 Å². The summed E-state index contributed by atoms with van der Waals surface area (Å²) in [6, 6.07) is 15.7. The Morgan fingerprint density at radius 3 is 2.64 bits per heavy atom. The Morgan fingerprint density at radius 2 is 1.82 bits per heavy atom. The van der Waals surface area contributed by atoms with Gasteiger partial charge in [-0.2, -0.15) is 0 Å². The van der Waals surface area contributed by atoms with Crippen LogP contribution in [0.15, 0.2) is 48.5 Å². The Morgan fingerprint density at radius 1 is 1.04 bits per heavy atom. The second-order valence-corrected chi connectivity index (χ2v) is 7.18. The van der Waals surface area contributed by atoms with Crippen LogP contribution >= 0.6 is 0 Å². The average molecular weight is 380 g/mol. The van der Waals surface area contributed by atoms with E-state index in [1.165, 1.54) is 0 Å². The van der Waals surface area contributed by atoms with Crippen molar-refractivity contribution in [1.82, 2.24) is 10.2 Å². The van der Waals surface area contributed by atoms with Gasteiger partial charge in [-0.3, -0.25) is 9.59 Å². The lowest BCUT2D eigenvalue weighted by Gasteiger charge is -2.19. The van der Waals surface area contributed by atoms with Crippen molar-refractivity contribution in [3.05, 3.63) is 59.7 Å². The standard InChI is InChI=1S/C22H24N2O4/c25-21-13-18(15-24(21)14-17-4-2-1-3-5-17)22(26)23-9-8-16-6-7-19-20(12-16)28-11-10-27-19/h1-7,12,18H,8-11,13-15H2,(H,23,26). The lowest BCUT2D eigenvalue weighted by molar-refractivity contribution is -0.129.